The van der Waals surface area contributed by atoms with Crippen LogP contribution in [0, 0.1) is 0 Å². The molecule has 0 spiro atoms. The van der Waals surface area contributed by atoms with Crippen molar-refractivity contribution in [1.82, 2.24) is 9.88 Å². The van der Waals surface area contributed by atoms with Crippen LogP contribution in [0.25, 0.3) is 0 Å². The number of aromatic hydroxyl groups is 1. The van der Waals surface area contributed by atoms with E-state index in [2.05, 4.69) is 4.98 Å². The van der Waals surface area contributed by atoms with Crippen molar-refractivity contribution < 1.29 is 19.4 Å². The molecule has 6 nitrogen and oxygen atoms in total. The van der Waals surface area contributed by atoms with Gasteiger partial charge in [0.1, 0.15) is 18.1 Å². The van der Waals surface area contributed by atoms with Crippen molar-refractivity contribution >= 4 is 24.0 Å². The van der Waals surface area contributed by atoms with Crippen molar-refractivity contribution in [3.8, 4) is 11.5 Å². The lowest BCUT2D eigenvalue weighted by Crippen LogP contribution is -2.49. The van der Waals surface area contributed by atoms with E-state index in [-0.39, 0.29) is 35.8 Å². The second-order valence-corrected chi connectivity index (χ2v) is 8.09. The number of phenols is 1. The molecule has 0 unspecified atom stereocenters. The summed E-state index contributed by atoms with van der Waals surface area (Å²) >= 11 is 1.77. The molecule has 1 aliphatic rings. The second-order valence-electron chi connectivity index (χ2n) is 6.94. The Morgan fingerprint density at radius 2 is 2.21 bits per heavy atom. The number of hydrogen-bond acceptors (Lipinski definition) is 6. The maximum Gasteiger partial charge on any atom is 0.256 e. The molecule has 1 aromatic heterocycles. The van der Waals surface area contributed by atoms with Gasteiger partial charge in [0.15, 0.2) is 6.29 Å². The number of carbonyl (C=O) groups excluding carboxylic acids is 2. The Kier molecular flexibility index (Phi) is 6.57. The first-order valence-electron chi connectivity index (χ1n) is 9.26. The predicted molar refractivity (Wildman–Crippen MR) is 109 cm³/mol. The van der Waals surface area contributed by atoms with Gasteiger partial charge >= 0.3 is 0 Å². The Morgan fingerprint density at radius 1 is 1.39 bits per heavy atom. The lowest BCUT2D eigenvalue weighted by atomic mass is 10.0. The van der Waals surface area contributed by atoms with E-state index in [0.717, 1.165) is 17.2 Å². The topological polar surface area (TPSA) is 79.7 Å². The van der Waals surface area contributed by atoms with E-state index >= 15 is 0 Å². The third kappa shape index (κ3) is 4.30. The fourth-order valence-corrected chi connectivity index (χ4v) is 4.28. The predicted octanol–water partition coefficient (Wildman–Crippen LogP) is 3.36. The van der Waals surface area contributed by atoms with Crippen LogP contribution >= 0.6 is 11.8 Å². The molecule has 1 saturated heterocycles. The number of amides is 1. The van der Waals surface area contributed by atoms with Crippen molar-refractivity contribution in [2.75, 3.05) is 24.7 Å². The molecule has 2 aromatic rings. The van der Waals surface area contributed by atoms with E-state index in [9.17, 15) is 14.7 Å². The van der Waals surface area contributed by atoms with Crippen molar-refractivity contribution in [2.24, 2.45) is 0 Å². The van der Waals surface area contributed by atoms with E-state index in [1.807, 2.05) is 24.8 Å². The van der Waals surface area contributed by atoms with Gasteiger partial charge in [-0.2, -0.15) is 11.8 Å². The van der Waals surface area contributed by atoms with E-state index in [1.54, 1.807) is 36.2 Å². The van der Waals surface area contributed by atoms with Gasteiger partial charge in [0, 0.05) is 24.2 Å². The molecular weight excluding hydrogens is 376 g/mol. The number of nitrogens with zero attached hydrogens (tertiary/aromatic N) is 2. The molecule has 2 heterocycles. The number of benzene rings is 1. The third-order valence-corrected chi connectivity index (χ3v) is 5.79. The fraction of sp³-hybridized carbons (Fsp3) is 0.381. The molecule has 0 saturated carbocycles. The molecular formula is C21H24N2O4S. The van der Waals surface area contributed by atoms with Crippen molar-refractivity contribution in [1.29, 1.82) is 0 Å². The second kappa shape index (κ2) is 9.10. The molecule has 1 amide bonds. The number of hydrogen-bond donors (Lipinski definition) is 1. The van der Waals surface area contributed by atoms with Crippen molar-refractivity contribution in [2.45, 2.75) is 25.8 Å². The van der Waals surface area contributed by atoms with Crippen molar-refractivity contribution in [3.63, 3.8) is 0 Å². The highest BCUT2D eigenvalue weighted by atomic mass is 32.2. The summed E-state index contributed by atoms with van der Waals surface area (Å²) in [5.41, 5.74) is 1.54. The standard InChI is InChI=1S/C21H24N2O4S/c1-14(2)20-16(5-4-8-22-20)21(26)23-9-10-28-13-15(23)12-27-19-7-3-6-18(25)17(19)11-24/h3-8,11,14-15,25H,9-10,12-13H2,1-2H3/t15-/m1/s1. The zero-order chi connectivity index (χ0) is 20.1. The summed E-state index contributed by atoms with van der Waals surface area (Å²) in [5.74, 6) is 1.93. The molecule has 1 atom stereocenters. The number of thioether (sulfide) groups is 1. The molecule has 1 aliphatic heterocycles. The Hall–Kier alpha value is -2.54. The van der Waals surface area contributed by atoms with E-state index in [1.165, 1.54) is 6.07 Å². The van der Waals surface area contributed by atoms with Crippen LogP contribution < -0.4 is 4.74 Å². The van der Waals surface area contributed by atoms with Crippen LogP contribution in [0.3, 0.4) is 0 Å². The SMILES string of the molecule is CC(C)c1ncccc1C(=O)N1CCSC[C@H]1COc1cccc(O)c1C=O. The summed E-state index contributed by atoms with van der Waals surface area (Å²) in [5, 5.41) is 9.81. The Labute approximate surface area is 168 Å². The minimum atomic E-state index is -0.131. The van der Waals surface area contributed by atoms with Gasteiger partial charge in [0.05, 0.1) is 22.9 Å². The maximum absolute atomic E-state index is 13.2. The monoisotopic (exact) mass is 400 g/mol. The van der Waals surface area contributed by atoms with Gasteiger partial charge in [-0.1, -0.05) is 19.9 Å². The highest BCUT2D eigenvalue weighted by Gasteiger charge is 2.30. The summed E-state index contributed by atoms with van der Waals surface area (Å²) in [6, 6.07) is 8.19. The lowest BCUT2D eigenvalue weighted by molar-refractivity contribution is 0.0645. The molecule has 0 bridgehead atoms. The number of phenolic OH excluding ortho intramolecular Hbond substituents is 1. The summed E-state index contributed by atoms with van der Waals surface area (Å²) in [6.07, 6.45) is 2.29. The van der Waals surface area contributed by atoms with Gasteiger partial charge < -0.3 is 14.7 Å². The lowest BCUT2D eigenvalue weighted by Gasteiger charge is -2.35. The van der Waals surface area contributed by atoms with Crippen LogP contribution in [0.1, 0.15) is 46.2 Å². The first-order valence-corrected chi connectivity index (χ1v) is 10.4. The fourth-order valence-electron chi connectivity index (χ4n) is 3.24. The number of aldehydes is 1. The van der Waals surface area contributed by atoms with Crippen LogP contribution in [0.2, 0.25) is 0 Å². The zero-order valence-electron chi connectivity index (χ0n) is 16.0. The molecule has 1 N–H and O–H groups in total. The quantitative estimate of drug-likeness (QED) is 0.749. The highest BCUT2D eigenvalue weighted by molar-refractivity contribution is 7.99. The Balaban J connectivity index is 1.79. The smallest absolute Gasteiger partial charge is 0.256 e. The van der Waals surface area contributed by atoms with Gasteiger partial charge in [0.2, 0.25) is 0 Å². The van der Waals surface area contributed by atoms with Crippen molar-refractivity contribution in [3.05, 3.63) is 53.3 Å². The van der Waals surface area contributed by atoms with Gasteiger partial charge in [-0.05, 0) is 30.2 Å². The third-order valence-electron chi connectivity index (χ3n) is 4.70. The van der Waals surface area contributed by atoms with Crippen LogP contribution in [0.5, 0.6) is 11.5 Å². The summed E-state index contributed by atoms with van der Waals surface area (Å²) in [7, 11) is 0. The number of pyridine rings is 1. The normalized spacial score (nSPS) is 16.8. The van der Waals surface area contributed by atoms with Gasteiger partial charge in [-0.15, -0.1) is 0 Å². The van der Waals surface area contributed by atoms with E-state index in [0.29, 0.717) is 24.1 Å². The Morgan fingerprint density at radius 3 is 2.96 bits per heavy atom. The van der Waals surface area contributed by atoms with Gasteiger partial charge in [0.25, 0.3) is 5.91 Å². The van der Waals surface area contributed by atoms with E-state index in [4.69, 9.17) is 4.74 Å². The number of rotatable bonds is 6. The molecule has 1 aromatic carbocycles. The highest BCUT2D eigenvalue weighted by Crippen LogP contribution is 2.27. The number of ether oxygens (including phenoxy) is 1. The molecule has 7 heteroatoms. The molecule has 1 fully saturated rings. The van der Waals surface area contributed by atoms with Gasteiger partial charge in [-0.3, -0.25) is 14.6 Å². The summed E-state index contributed by atoms with van der Waals surface area (Å²) < 4.78 is 5.83. The van der Waals surface area contributed by atoms with Crippen LogP contribution in [-0.2, 0) is 0 Å². The maximum atomic E-state index is 13.2. The van der Waals surface area contributed by atoms with Crippen LogP contribution in [0.15, 0.2) is 36.5 Å². The molecule has 0 radical (unpaired) electrons. The first-order chi connectivity index (χ1) is 13.5. The Bertz CT molecular complexity index is 856. The summed E-state index contributed by atoms with van der Waals surface area (Å²) in [6.45, 7) is 4.92. The van der Waals surface area contributed by atoms with E-state index < -0.39 is 0 Å². The minimum Gasteiger partial charge on any atom is -0.507 e. The number of carbonyl (C=O) groups is 2. The van der Waals surface area contributed by atoms with Gasteiger partial charge in [-0.25, -0.2) is 0 Å². The van der Waals surface area contributed by atoms with Crippen LogP contribution in [-0.4, -0.2) is 57.9 Å². The molecule has 3 rings (SSSR count). The average molecular weight is 401 g/mol. The van der Waals surface area contributed by atoms with Crippen LogP contribution in [0.4, 0.5) is 0 Å². The largest absolute Gasteiger partial charge is 0.507 e. The average Bonchev–Trinajstić information content (AvgIpc) is 2.72. The first kappa shape index (κ1) is 20.2. The molecule has 0 aliphatic carbocycles. The zero-order valence-corrected chi connectivity index (χ0v) is 16.8. The molecule has 28 heavy (non-hydrogen) atoms. The minimum absolute atomic E-state index is 0.0442. The summed E-state index contributed by atoms with van der Waals surface area (Å²) in [4.78, 5) is 30.7. The molecule has 148 valence electrons. The number of aromatic nitrogens is 1.